The van der Waals surface area contributed by atoms with Crippen LogP contribution in [0.5, 0.6) is 0 Å². The van der Waals surface area contributed by atoms with Gasteiger partial charge in [0.15, 0.2) is 5.16 Å². The average molecular weight is 588 g/mol. The van der Waals surface area contributed by atoms with Gasteiger partial charge < -0.3 is 5.32 Å². The van der Waals surface area contributed by atoms with Crippen LogP contribution in [0.1, 0.15) is 24.0 Å². The van der Waals surface area contributed by atoms with E-state index in [2.05, 4.69) is 10.3 Å². The van der Waals surface area contributed by atoms with Crippen molar-refractivity contribution in [2.45, 2.75) is 41.6 Å². The minimum absolute atomic E-state index is 0.00160. The second-order valence-electron chi connectivity index (χ2n) is 8.59. The third-order valence-electron chi connectivity index (χ3n) is 5.79. The third kappa shape index (κ3) is 7.50. The summed E-state index contributed by atoms with van der Waals surface area (Å²) in [6.45, 7) is 0.667. The Morgan fingerprint density at radius 3 is 2.64 bits per heavy atom. The van der Waals surface area contributed by atoms with Crippen molar-refractivity contribution in [3.8, 4) is 0 Å². The number of nitrogens with two attached hydrogens (primary N) is 1. The van der Waals surface area contributed by atoms with E-state index in [-0.39, 0.29) is 28.5 Å². The minimum atomic E-state index is -3.75. The van der Waals surface area contributed by atoms with Crippen LogP contribution in [0.4, 0.5) is 5.69 Å². The Morgan fingerprint density at radius 2 is 1.92 bits per heavy atom. The van der Waals surface area contributed by atoms with Crippen LogP contribution < -0.4 is 16.0 Å². The number of amides is 1. The van der Waals surface area contributed by atoms with Crippen LogP contribution in [0.2, 0.25) is 0 Å². The maximum Gasteiger partial charge on any atom is 0.272 e. The Morgan fingerprint density at radius 1 is 1.15 bits per heavy atom. The molecule has 0 bridgehead atoms. The number of nitro benzene ring substituents is 1. The number of carbonyl (C=O) groups is 1. The van der Waals surface area contributed by atoms with E-state index in [4.69, 9.17) is 5.14 Å². The molecule has 39 heavy (non-hydrogen) atoms. The number of benzene rings is 2. The first-order valence-corrected chi connectivity index (χ1v) is 15.3. The second-order valence-corrected chi connectivity index (χ2v) is 12.0. The zero-order chi connectivity index (χ0) is 28.0. The summed E-state index contributed by atoms with van der Waals surface area (Å²) in [4.78, 5) is 40.8. The average Bonchev–Trinajstić information content (AvgIpc) is 3.38. The molecule has 0 saturated carbocycles. The van der Waals surface area contributed by atoms with Gasteiger partial charge in [0.05, 0.1) is 15.3 Å². The highest BCUT2D eigenvalue weighted by Gasteiger charge is 2.15. The highest BCUT2D eigenvalue weighted by molar-refractivity contribution is 7.98. The molecule has 204 valence electrons. The number of rotatable bonds is 12. The van der Waals surface area contributed by atoms with Gasteiger partial charge in [-0.1, -0.05) is 36.0 Å². The molecule has 3 N–H and O–H groups in total. The van der Waals surface area contributed by atoms with Crippen LogP contribution in [-0.4, -0.2) is 35.3 Å². The van der Waals surface area contributed by atoms with E-state index >= 15 is 0 Å². The Labute approximate surface area is 232 Å². The molecule has 4 rings (SSSR count). The van der Waals surface area contributed by atoms with Crippen molar-refractivity contribution in [1.29, 1.82) is 0 Å². The normalized spacial score (nSPS) is 11.5. The first kappa shape index (κ1) is 28.4. The fourth-order valence-electron chi connectivity index (χ4n) is 3.82. The zero-order valence-corrected chi connectivity index (χ0v) is 23.1. The fourth-order valence-corrected chi connectivity index (χ4v) is 6.08. The fraction of sp³-hybridized carbons (Fsp3) is 0.240. The smallest absolute Gasteiger partial charge is 0.272 e. The summed E-state index contributed by atoms with van der Waals surface area (Å²) in [5.74, 6) is 0.225. The van der Waals surface area contributed by atoms with Gasteiger partial charge in [-0.05, 0) is 47.5 Å². The number of hydrogen-bond acceptors (Lipinski definition) is 9. The molecule has 4 aromatic rings. The number of thioether (sulfide) groups is 1. The Hall–Kier alpha value is -3.59. The van der Waals surface area contributed by atoms with Gasteiger partial charge in [0.1, 0.15) is 4.70 Å². The van der Waals surface area contributed by atoms with Gasteiger partial charge in [-0.25, -0.2) is 18.5 Å². The summed E-state index contributed by atoms with van der Waals surface area (Å²) in [6, 6.07) is 14.3. The summed E-state index contributed by atoms with van der Waals surface area (Å²) in [5, 5.41) is 21.3. The van der Waals surface area contributed by atoms with E-state index < -0.39 is 14.9 Å². The van der Waals surface area contributed by atoms with E-state index in [0.717, 1.165) is 11.1 Å². The van der Waals surface area contributed by atoms with E-state index in [1.54, 1.807) is 40.3 Å². The monoisotopic (exact) mass is 587 g/mol. The summed E-state index contributed by atoms with van der Waals surface area (Å²) >= 11 is 2.62. The summed E-state index contributed by atoms with van der Waals surface area (Å²) in [6.07, 6.45) is 1.14. The molecule has 0 saturated heterocycles. The molecular weight excluding hydrogens is 563 g/mol. The lowest BCUT2D eigenvalue weighted by molar-refractivity contribution is -0.384. The van der Waals surface area contributed by atoms with Crippen LogP contribution in [-0.2, 0) is 33.5 Å². The van der Waals surface area contributed by atoms with Crippen molar-refractivity contribution in [2.24, 2.45) is 5.14 Å². The van der Waals surface area contributed by atoms with Crippen LogP contribution in [0, 0.1) is 10.1 Å². The van der Waals surface area contributed by atoms with Crippen molar-refractivity contribution in [3.63, 3.8) is 0 Å². The van der Waals surface area contributed by atoms with Crippen LogP contribution in [0.15, 0.2) is 74.8 Å². The molecule has 0 radical (unpaired) electrons. The molecule has 0 unspecified atom stereocenters. The molecule has 1 amide bonds. The number of carbonyl (C=O) groups excluding carboxylic acids is 1. The van der Waals surface area contributed by atoms with E-state index in [1.165, 1.54) is 47.4 Å². The molecule has 2 aromatic carbocycles. The molecule has 2 heterocycles. The summed E-state index contributed by atoms with van der Waals surface area (Å²) < 4.78 is 24.8. The quantitative estimate of drug-likeness (QED) is 0.110. The highest BCUT2D eigenvalue weighted by Crippen LogP contribution is 2.25. The number of aromatic nitrogens is 2. The first-order chi connectivity index (χ1) is 18.6. The number of nitro groups is 1. The molecule has 0 aliphatic carbocycles. The van der Waals surface area contributed by atoms with Crippen LogP contribution >= 0.6 is 23.1 Å². The van der Waals surface area contributed by atoms with Crippen molar-refractivity contribution >= 4 is 54.9 Å². The van der Waals surface area contributed by atoms with Gasteiger partial charge in [0, 0.05) is 37.4 Å². The van der Waals surface area contributed by atoms with Crippen molar-refractivity contribution in [3.05, 3.63) is 91.6 Å². The van der Waals surface area contributed by atoms with Crippen molar-refractivity contribution in [1.82, 2.24) is 14.9 Å². The van der Waals surface area contributed by atoms with Crippen molar-refractivity contribution in [2.75, 3.05) is 6.54 Å². The lowest BCUT2D eigenvalue weighted by atomic mass is 10.1. The summed E-state index contributed by atoms with van der Waals surface area (Å²) in [7, 11) is -3.75. The molecule has 0 spiro atoms. The molecule has 14 heteroatoms. The largest absolute Gasteiger partial charge is 0.356 e. The minimum Gasteiger partial charge on any atom is -0.356 e. The first-order valence-electron chi connectivity index (χ1n) is 11.8. The number of fused-ring (bicyclic) bond motifs is 1. The Kier molecular flexibility index (Phi) is 9.12. The van der Waals surface area contributed by atoms with Gasteiger partial charge in [0.2, 0.25) is 15.9 Å². The topological polar surface area (TPSA) is 167 Å². The molecule has 0 aliphatic heterocycles. The predicted octanol–water partition coefficient (Wildman–Crippen LogP) is 3.45. The number of hydrogen-bond donors (Lipinski definition) is 2. The van der Waals surface area contributed by atoms with Gasteiger partial charge in [-0.3, -0.25) is 24.3 Å². The van der Waals surface area contributed by atoms with Gasteiger partial charge in [0.25, 0.3) is 11.2 Å². The van der Waals surface area contributed by atoms with Crippen LogP contribution in [0.3, 0.4) is 0 Å². The molecule has 0 fully saturated rings. The molecule has 0 atom stereocenters. The highest BCUT2D eigenvalue weighted by atomic mass is 32.2. The number of non-ortho nitro benzene ring substituents is 1. The maximum absolute atomic E-state index is 13.1. The maximum atomic E-state index is 13.1. The van der Waals surface area contributed by atoms with Gasteiger partial charge in [-0.2, -0.15) is 0 Å². The summed E-state index contributed by atoms with van der Waals surface area (Å²) in [5.41, 5.74) is 2.00. The standard InChI is InChI=1S/C25H25N5O6S3/c26-39(35,36)20-8-6-17(7-9-20)10-12-27-22(31)5-2-13-29-24(32)23-21(11-14-37-23)28-25(29)38-16-18-3-1-4-19(15-18)30(33)34/h1,3-4,6-9,11,14-15H,2,5,10,12-13,16H2,(H,27,31)(H2,26,35,36). The molecular formula is C25H25N5O6S3. The predicted molar refractivity (Wildman–Crippen MR) is 150 cm³/mol. The van der Waals surface area contributed by atoms with Crippen LogP contribution in [0.25, 0.3) is 10.2 Å². The van der Waals surface area contributed by atoms with E-state index in [9.17, 15) is 28.1 Å². The third-order valence-corrected chi connectivity index (χ3v) is 8.66. The lowest BCUT2D eigenvalue weighted by Gasteiger charge is -2.12. The van der Waals surface area contributed by atoms with E-state index in [0.29, 0.717) is 47.1 Å². The second kappa shape index (κ2) is 12.5. The Bertz CT molecular complexity index is 1670. The SMILES string of the molecule is NS(=O)(=O)c1ccc(CCNC(=O)CCCn2c(SCc3cccc([N+](=O)[O-])c3)nc3ccsc3c2=O)cc1. The zero-order valence-electron chi connectivity index (χ0n) is 20.6. The molecule has 11 nitrogen and oxygen atoms in total. The number of thiophene rings is 1. The lowest BCUT2D eigenvalue weighted by Crippen LogP contribution is -2.27. The molecule has 0 aliphatic rings. The van der Waals surface area contributed by atoms with Gasteiger partial charge >= 0.3 is 0 Å². The van der Waals surface area contributed by atoms with Crippen molar-refractivity contribution < 1.29 is 18.1 Å². The Balaban J connectivity index is 1.34. The number of primary sulfonamides is 1. The number of nitrogens with zero attached hydrogens (tertiary/aromatic N) is 3. The molecule has 2 aromatic heterocycles. The van der Waals surface area contributed by atoms with Gasteiger partial charge in [-0.15, -0.1) is 11.3 Å². The number of sulfonamides is 1. The number of nitrogens with one attached hydrogen (secondary N) is 1. The van der Waals surface area contributed by atoms with E-state index in [1.807, 2.05) is 0 Å².